The number of aryl methyl sites for hydroxylation is 1. The molecule has 0 aliphatic heterocycles. The van der Waals surface area contributed by atoms with Crippen LogP contribution in [0, 0.1) is 6.92 Å². The predicted octanol–water partition coefficient (Wildman–Crippen LogP) is 4.01. The number of carbonyl (C=O) groups excluding carboxylic acids is 1. The van der Waals surface area contributed by atoms with Crippen molar-refractivity contribution < 1.29 is 13.2 Å². The summed E-state index contributed by atoms with van der Waals surface area (Å²) >= 11 is 6.04. The molecule has 2 N–H and O–H groups in total. The molecule has 1 aliphatic carbocycles. The number of hydrogen-bond donors (Lipinski definition) is 2. The van der Waals surface area contributed by atoms with E-state index < -0.39 is 15.4 Å². The summed E-state index contributed by atoms with van der Waals surface area (Å²) in [5.41, 5.74) is 1.68. The molecule has 5 nitrogen and oxygen atoms in total. The van der Waals surface area contributed by atoms with Crippen LogP contribution in [0.15, 0.2) is 47.4 Å². The second-order valence-electron chi connectivity index (χ2n) is 7.30. The summed E-state index contributed by atoms with van der Waals surface area (Å²) < 4.78 is 27.7. The number of benzene rings is 2. The monoisotopic (exact) mass is 406 g/mol. The molecular formula is C20H23ClN2O3S. The molecule has 0 heterocycles. The Balaban J connectivity index is 1.78. The lowest BCUT2D eigenvalue weighted by Gasteiger charge is -2.18. The molecule has 2 aromatic rings. The number of anilines is 1. The second kappa shape index (κ2) is 7.17. The second-order valence-corrected chi connectivity index (χ2v) is 9.39. The molecule has 0 saturated heterocycles. The van der Waals surface area contributed by atoms with E-state index >= 15 is 0 Å². The summed E-state index contributed by atoms with van der Waals surface area (Å²) in [6.07, 6.45) is 1.61. The summed E-state index contributed by atoms with van der Waals surface area (Å²) in [5.74, 6) is 0.0279. The first-order chi connectivity index (χ1) is 12.6. The molecule has 2 aromatic carbocycles. The highest BCUT2D eigenvalue weighted by Gasteiger charge is 2.51. The fraction of sp³-hybridized carbons (Fsp3) is 0.350. The lowest BCUT2D eigenvalue weighted by molar-refractivity contribution is -0.124. The van der Waals surface area contributed by atoms with Gasteiger partial charge in [0.05, 0.1) is 10.3 Å². The highest BCUT2D eigenvalue weighted by Crippen LogP contribution is 2.48. The van der Waals surface area contributed by atoms with Gasteiger partial charge in [0.2, 0.25) is 5.91 Å². The van der Waals surface area contributed by atoms with Crippen molar-refractivity contribution in [2.24, 2.45) is 0 Å². The molecule has 7 heteroatoms. The number of carbonyl (C=O) groups is 1. The maximum Gasteiger partial charge on any atom is 0.261 e. The van der Waals surface area contributed by atoms with Crippen molar-refractivity contribution in [3.05, 3.63) is 58.6 Å². The highest BCUT2D eigenvalue weighted by molar-refractivity contribution is 7.92. The Morgan fingerprint density at radius 1 is 1.11 bits per heavy atom. The lowest BCUT2D eigenvalue weighted by atomic mass is 9.94. The van der Waals surface area contributed by atoms with E-state index in [0.717, 1.165) is 24.0 Å². The Kier molecular flexibility index (Phi) is 5.23. The van der Waals surface area contributed by atoms with Gasteiger partial charge >= 0.3 is 0 Å². The smallest absolute Gasteiger partial charge is 0.261 e. The van der Waals surface area contributed by atoms with Crippen molar-refractivity contribution in [1.82, 2.24) is 5.32 Å². The van der Waals surface area contributed by atoms with Gasteiger partial charge in [-0.1, -0.05) is 29.8 Å². The maximum atomic E-state index is 12.6. The van der Waals surface area contributed by atoms with Gasteiger partial charge in [-0.2, -0.15) is 0 Å². The molecule has 0 spiro atoms. The molecule has 144 valence electrons. The van der Waals surface area contributed by atoms with Gasteiger partial charge in [0.25, 0.3) is 10.0 Å². The van der Waals surface area contributed by atoms with E-state index in [-0.39, 0.29) is 16.8 Å². The van der Waals surface area contributed by atoms with E-state index in [1.807, 2.05) is 32.9 Å². The molecule has 1 saturated carbocycles. The summed E-state index contributed by atoms with van der Waals surface area (Å²) in [7, 11) is -3.73. The summed E-state index contributed by atoms with van der Waals surface area (Å²) in [6, 6.07) is 11.7. The number of nitrogens with one attached hydrogen (secondary N) is 2. The molecule has 1 fully saturated rings. The Morgan fingerprint density at radius 3 is 2.26 bits per heavy atom. The minimum atomic E-state index is -3.73. The van der Waals surface area contributed by atoms with Crippen LogP contribution in [0.3, 0.4) is 0 Å². The van der Waals surface area contributed by atoms with Gasteiger partial charge in [-0.15, -0.1) is 0 Å². The van der Waals surface area contributed by atoms with Crippen molar-refractivity contribution in [3.63, 3.8) is 0 Å². The third kappa shape index (κ3) is 4.12. The molecule has 27 heavy (non-hydrogen) atoms. The molecule has 0 radical (unpaired) electrons. The fourth-order valence-corrected chi connectivity index (χ4v) is 4.31. The highest BCUT2D eigenvalue weighted by atomic mass is 35.5. The zero-order valence-electron chi connectivity index (χ0n) is 15.5. The van der Waals surface area contributed by atoms with Crippen LogP contribution < -0.4 is 10.0 Å². The quantitative estimate of drug-likeness (QED) is 0.761. The third-order valence-corrected chi connectivity index (χ3v) is 6.53. The Bertz CT molecular complexity index is 965. The summed E-state index contributed by atoms with van der Waals surface area (Å²) in [5, 5.41) is 3.37. The van der Waals surface area contributed by atoms with Crippen molar-refractivity contribution in [2.45, 2.75) is 50.0 Å². The van der Waals surface area contributed by atoms with Crippen LogP contribution in [0.2, 0.25) is 5.02 Å². The van der Waals surface area contributed by atoms with Gasteiger partial charge in [0.15, 0.2) is 0 Å². The van der Waals surface area contributed by atoms with Gasteiger partial charge in [0, 0.05) is 16.8 Å². The van der Waals surface area contributed by atoms with Crippen LogP contribution >= 0.6 is 11.6 Å². The van der Waals surface area contributed by atoms with Crippen LogP contribution in [0.25, 0.3) is 0 Å². The van der Waals surface area contributed by atoms with E-state index in [2.05, 4.69) is 10.0 Å². The molecule has 0 aromatic heterocycles. The van der Waals surface area contributed by atoms with Crippen LogP contribution in [0.1, 0.15) is 37.8 Å². The standard InChI is InChI=1S/C20H23ClN2O3S/c1-13(2)22-19(24)20(10-11-20)15-5-7-16(8-6-15)23-27(25,26)17-9-4-14(3)18(21)12-17/h4-9,12-13,23H,10-11H2,1-3H3,(H,22,24). The first-order valence-electron chi connectivity index (χ1n) is 8.84. The largest absolute Gasteiger partial charge is 0.353 e. The molecular weight excluding hydrogens is 384 g/mol. The average molecular weight is 407 g/mol. The van der Waals surface area contributed by atoms with Crippen molar-refractivity contribution in [3.8, 4) is 0 Å². The Morgan fingerprint density at radius 2 is 1.74 bits per heavy atom. The van der Waals surface area contributed by atoms with E-state index in [1.165, 1.54) is 12.1 Å². The number of rotatable bonds is 6. The SMILES string of the molecule is Cc1ccc(S(=O)(=O)Nc2ccc(C3(C(=O)NC(C)C)CC3)cc2)cc1Cl. The number of amides is 1. The van der Waals surface area contributed by atoms with E-state index in [4.69, 9.17) is 11.6 Å². The van der Waals surface area contributed by atoms with Crippen LogP contribution in [0.4, 0.5) is 5.69 Å². The lowest BCUT2D eigenvalue weighted by Crippen LogP contribution is -2.38. The van der Waals surface area contributed by atoms with Gasteiger partial charge in [-0.05, 0) is 69.0 Å². The normalized spacial score (nSPS) is 15.4. The zero-order chi connectivity index (χ0) is 19.8. The van der Waals surface area contributed by atoms with Crippen LogP contribution in [-0.2, 0) is 20.2 Å². The van der Waals surface area contributed by atoms with E-state index in [9.17, 15) is 13.2 Å². The van der Waals surface area contributed by atoms with Gasteiger partial charge < -0.3 is 5.32 Å². The number of hydrogen-bond acceptors (Lipinski definition) is 3. The Labute approximate surface area is 165 Å². The number of sulfonamides is 1. The topological polar surface area (TPSA) is 75.3 Å². The molecule has 3 rings (SSSR count). The fourth-order valence-electron chi connectivity index (χ4n) is 2.98. The van der Waals surface area contributed by atoms with E-state index in [0.29, 0.717) is 10.7 Å². The van der Waals surface area contributed by atoms with Crippen LogP contribution in [-0.4, -0.2) is 20.4 Å². The van der Waals surface area contributed by atoms with Crippen LogP contribution in [0.5, 0.6) is 0 Å². The first kappa shape index (κ1) is 19.7. The molecule has 0 bridgehead atoms. The zero-order valence-corrected chi connectivity index (χ0v) is 17.1. The Hall–Kier alpha value is -2.05. The van der Waals surface area contributed by atoms with Gasteiger partial charge in [-0.3, -0.25) is 9.52 Å². The van der Waals surface area contributed by atoms with Crippen molar-refractivity contribution in [2.75, 3.05) is 4.72 Å². The minimum absolute atomic E-state index is 0.0279. The molecule has 1 aliphatic rings. The van der Waals surface area contributed by atoms with Gasteiger partial charge in [0.1, 0.15) is 0 Å². The third-order valence-electron chi connectivity index (χ3n) is 4.75. The van der Waals surface area contributed by atoms with Crippen molar-refractivity contribution >= 4 is 33.2 Å². The average Bonchev–Trinajstić information content (AvgIpc) is 3.39. The minimum Gasteiger partial charge on any atom is -0.353 e. The summed E-state index contributed by atoms with van der Waals surface area (Å²) in [6.45, 7) is 5.68. The maximum absolute atomic E-state index is 12.6. The van der Waals surface area contributed by atoms with Gasteiger partial charge in [-0.25, -0.2) is 8.42 Å². The van der Waals surface area contributed by atoms with E-state index in [1.54, 1.807) is 18.2 Å². The predicted molar refractivity (Wildman–Crippen MR) is 108 cm³/mol. The van der Waals surface area contributed by atoms with Crippen molar-refractivity contribution in [1.29, 1.82) is 0 Å². The first-order valence-corrected chi connectivity index (χ1v) is 10.7. The summed E-state index contributed by atoms with van der Waals surface area (Å²) in [4.78, 5) is 12.6. The molecule has 1 amide bonds. The number of halogens is 1. The molecule has 0 atom stereocenters. The molecule has 0 unspecified atom stereocenters.